The zero-order chi connectivity index (χ0) is 16.1. The SMILES string of the molecule is CC1CCN(C[C@H](O)CO[C@@H]2C[C@@H](C)CC[C@H]2C(C)C)CC1. The second-order valence-electron chi connectivity index (χ2n) is 8.33. The van der Waals surface area contributed by atoms with E-state index in [9.17, 15) is 5.11 Å². The highest BCUT2D eigenvalue weighted by atomic mass is 16.5. The molecule has 1 aliphatic carbocycles. The van der Waals surface area contributed by atoms with Crippen LogP contribution in [0.3, 0.4) is 0 Å². The average molecular weight is 312 g/mol. The molecule has 130 valence electrons. The molecule has 1 saturated carbocycles. The van der Waals surface area contributed by atoms with Crippen molar-refractivity contribution in [1.29, 1.82) is 0 Å². The molecular weight excluding hydrogens is 274 g/mol. The molecule has 2 rings (SSSR count). The number of likely N-dealkylation sites (tertiary alicyclic amines) is 1. The lowest BCUT2D eigenvalue weighted by Gasteiger charge is -2.38. The van der Waals surface area contributed by atoms with Crippen molar-refractivity contribution in [2.75, 3.05) is 26.2 Å². The molecule has 0 spiro atoms. The molecule has 0 bridgehead atoms. The Bertz CT molecular complexity index is 313. The zero-order valence-corrected chi connectivity index (χ0v) is 15.1. The Morgan fingerprint density at radius 1 is 1.05 bits per heavy atom. The highest BCUT2D eigenvalue weighted by Crippen LogP contribution is 2.35. The first kappa shape index (κ1) is 18.2. The number of ether oxygens (including phenoxy) is 1. The summed E-state index contributed by atoms with van der Waals surface area (Å²) in [6.45, 7) is 12.8. The van der Waals surface area contributed by atoms with Crippen LogP contribution in [0.2, 0.25) is 0 Å². The molecule has 0 aromatic heterocycles. The molecule has 0 aromatic carbocycles. The summed E-state index contributed by atoms with van der Waals surface area (Å²) in [6.07, 6.45) is 6.32. The Balaban J connectivity index is 1.73. The summed E-state index contributed by atoms with van der Waals surface area (Å²) in [7, 11) is 0. The van der Waals surface area contributed by atoms with Gasteiger partial charge in [-0.3, -0.25) is 0 Å². The van der Waals surface area contributed by atoms with Crippen LogP contribution in [0.15, 0.2) is 0 Å². The van der Waals surface area contributed by atoms with Gasteiger partial charge in [0.1, 0.15) is 0 Å². The molecule has 1 aliphatic heterocycles. The molecule has 2 aliphatic rings. The van der Waals surface area contributed by atoms with E-state index < -0.39 is 0 Å². The van der Waals surface area contributed by atoms with Crippen molar-refractivity contribution in [2.24, 2.45) is 23.7 Å². The molecule has 0 amide bonds. The molecular formula is C19H37NO2. The van der Waals surface area contributed by atoms with Crippen molar-refractivity contribution >= 4 is 0 Å². The van der Waals surface area contributed by atoms with Crippen molar-refractivity contribution in [2.45, 2.75) is 72.0 Å². The Kier molecular flexibility index (Phi) is 7.17. The maximum Gasteiger partial charge on any atom is 0.0900 e. The maximum atomic E-state index is 10.3. The van der Waals surface area contributed by atoms with E-state index in [1.807, 2.05) is 0 Å². The van der Waals surface area contributed by atoms with Gasteiger partial charge >= 0.3 is 0 Å². The van der Waals surface area contributed by atoms with Crippen LogP contribution in [0.1, 0.15) is 59.8 Å². The van der Waals surface area contributed by atoms with E-state index in [0.717, 1.165) is 37.9 Å². The standard InChI is InChI=1S/C19H37NO2/c1-14(2)18-6-5-16(4)11-19(18)22-13-17(21)12-20-9-7-15(3)8-10-20/h14-19,21H,5-13H2,1-4H3/t16-,17-,18-,19+/m0/s1. The van der Waals surface area contributed by atoms with Gasteiger partial charge in [-0.15, -0.1) is 0 Å². The molecule has 1 heterocycles. The molecule has 1 N–H and O–H groups in total. The first-order valence-corrected chi connectivity index (χ1v) is 9.47. The summed E-state index contributed by atoms with van der Waals surface area (Å²) >= 11 is 0. The number of nitrogens with zero attached hydrogens (tertiary/aromatic N) is 1. The summed E-state index contributed by atoms with van der Waals surface area (Å²) in [5.41, 5.74) is 0. The molecule has 0 unspecified atom stereocenters. The number of β-amino-alcohol motifs (C(OH)–C–C–N with tert-alkyl or cyclic N) is 1. The van der Waals surface area contributed by atoms with E-state index in [-0.39, 0.29) is 6.10 Å². The third kappa shape index (κ3) is 5.50. The van der Waals surface area contributed by atoms with E-state index in [1.165, 1.54) is 25.7 Å². The van der Waals surface area contributed by atoms with Crippen LogP contribution in [0.5, 0.6) is 0 Å². The van der Waals surface area contributed by atoms with Gasteiger partial charge < -0.3 is 14.7 Å². The Morgan fingerprint density at radius 2 is 1.73 bits per heavy atom. The Morgan fingerprint density at radius 3 is 2.36 bits per heavy atom. The largest absolute Gasteiger partial charge is 0.389 e. The lowest BCUT2D eigenvalue weighted by atomic mass is 9.75. The first-order chi connectivity index (χ1) is 10.5. The molecule has 0 aromatic rings. The van der Waals surface area contributed by atoms with Gasteiger partial charge in [-0.1, -0.05) is 34.1 Å². The minimum Gasteiger partial charge on any atom is -0.389 e. The van der Waals surface area contributed by atoms with Gasteiger partial charge in [-0.05, 0) is 62.4 Å². The van der Waals surface area contributed by atoms with Gasteiger partial charge in [-0.2, -0.15) is 0 Å². The first-order valence-electron chi connectivity index (χ1n) is 9.47. The number of rotatable bonds is 6. The number of aliphatic hydroxyl groups excluding tert-OH is 1. The predicted molar refractivity (Wildman–Crippen MR) is 91.9 cm³/mol. The highest BCUT2D eigenvalue weighted by molar-refractivity contribution is 4.82. The van der Waals surface area contributed by atoms with Crippen molar-refractivity contribution in [3.05, 3.63) is 0 Å². The Hall–Kier alpha value is -0.120. The second-order valence-corrected chi connectivity index (χ2v) is 8.33. The van der Waals surface area contributed by atoms with Crippen LogP contribution in [0.4, 0.5) is 0 Å². The summed E-state index contributed by atoms with van der Waals surface area (Å²) in [4.78, 5) is 2.40. The predicted octanol–water partition coefficient (Wildman–Crippen LogP) is 3.56. The highest BCUT2D eigenvalue weighted by Gasteiger charge is 2.31. The van der Waals surface area contributed by atoms with Crippen molar-refractivity contribution in [1.82, 2.24) is 4.90 Å². The van der Waals surface area contributed by atoms with Crippen LogP contribution >= 0.6 is 0 Å². The minimum absolute atomic E-state index is 0.335. The molecule has 1 saturated heterocycles. The van der Waals surface area contributed by atoms with Crippen LogP contribution in [-0.2, 0) is 4.74 Å². The van der Waals surface area contributed by atoms with Gasteiger partial charge in [-0.25, -0.2) is 0 Å². The quantitative estimate of drug-likeness (QED) is 0.814. The average Bonchev–Trinajstić information content (AvgIpc) is 2.47. The van der Waals surface area contributed by atoms with Crippen LogP contribution in [0.25, 0.3) is 0 Å². The van der Waals surface area contributed by atoms with Crippen molar-refractivity contribution in [3.8, 4) is 0 Å². The summed E-state index contributed by atoms with van der Waals surface area (Å²) in [5, 5.41) is 10.3. The number of hydrogen-bond acceptors (Lipinski definition) is 3. The lowest BCUT2D eigenvalue weighted by Crippen LogP contribution is -2.41. The number of aliphatic hydroxyl groups is 1. The normalized spacial score (nSPS) is 33.3. The number of hydrogen-bond donors (Lipinski definition) is 1. The lowest BCUT2D eigenvalue weighted by molar-refractivity contribution is -0.0749. The Labute approximate surface area is 137 Å². The van der Waals surface area contributed by atoms with Gasteiger partial charge in [0, 0.05) is 6.54 Å². The summed E-state index contributed by atoms with van der Waals surface area (Å²) in [5.74, 6) is 2.96. The molecule has 22 heavy (non-hydrogen) atoms. The van der Waals surface area contributed by atoms with E-state index in [2.05, 4.69) is 32.6 Å². The fraction of sp³-hybridized carbons (Fsp3) is 1.00. The minimum atomic E-state index is -0.335. The van der Waals surface area contributed by atoms with Crippen molar-refractivity contribution < 1.29 is 9.84 Å². The fourth-order valence-corrected chi connectivity index (χ4v) is 4.14. The van der Waals surface area contributed by atoms with E-state index in [4.69, 9.17) is 4.74 Å². The van der Waals surface area contributed by atoms with Gasteiger partial charge in [0.25, 0.3) is 0 Å². The fourth-order valence-electron chi connectivity index (χ4n) is 4.14. The van der Waals surface area contributed by atoms with Crippen LogP contribution in [0, 0.1) is 23.7 Å². The molecule has 3 nitrogen and oxygen atoms in total. The van der Waals surface area contributed by atoms with Gasteiger partial charge in [0.15, 0.2) is 0 Å². The topological polar surface area (TPSA) is 32.7 Å². The van der Waals surface area contributed by atoms with Gasteiger partial charge in [0.05, 0.1) is 18.8 Å². The molecule has 4 atom stereocenters. The third-order valence-corrected chi connectivity index (χ3v) is 5.81. The van der Waals surface area contributed by atoms with Crippen molar-refractivity contribution in [3.63, 3.8) is 0 Å². The smallest absolute Gasteiger partial charge is 0.0900 e. The van der Waals surface area contributed by atoms with Crippen LogP contribution < -0.4 is 0 Å². The van der Waals surface area contributed by atoms with E-state index >= 15 is 0 Å². The second kappa shape index (κ2) is 8.65. The van der Waals surface area contributed by atoms with E-state index in [0.29, 0.717) is 24.5 Å². The molecule has 3 heteroatoms. The third-order valence-electron chi connectivity index (χ3n) is 5.81. The van der Waals surface area contributed by atoms with Crippen LogP contribution in [-0.4, -0.2) is 48.5 Å². The monoisotopic (exact) mass is 311 g/mol. The molecule has 2 fully saturated rings. The van der Waals surface area contributed by atoms with Gasteiger partial charge in [0.2, 0.25) is 0 Å². The zero-order valence-electron chi connectivity index (χ0n) is 15.1. The van der Waals surface area contributed by atoms with E-state index in [1.54, 1.807) is 0 Å². The maximum absolute atomic E-state index is 10.3. The molecule has 0 radical (unpaired) electrons. The summed E-state index contributed by atoms with van der Waals surface area (Å²) < 4.78 is 6.18. The number of piperidine rings is 1. The summed E-state index contributed by atoms with van der Waals surface area (Å²) in [6, 6.07) is 0.